The van der Waals surface area contributed by atoms with Crippen LogP contribution in [0, 0.1) is 0 Å². The summed E-state index contributed by atoms with van der Waals surface area (Å²) >= 11 is 3.34. The van der Waals surface area contributed by atoms with Crippen molar-refractivity contribution in [1.82, 2.24) is 19.7 Å². The number of nitrogens with zero attached hydrogens (tertiary/aromatic N) is 4. The molecule has 1 fully saturated rings. The van der Waals surface area contributed by atoms with Gasteiger partial charge in [-0.3, -0.25) is 0 Å². The minimum Gasteiger partial charge on any atom is -0.480 e. The third-order valence-electron chi connectivity index (χ3n) is 3.26. The van der Waals surface area contributed by atoms with Gasteiger partial charge in [-0.1, -0.05) is 0 Å². The predicted octanol–water partition coefficient (Wildman–Crippen LogP) is 0.238. The first-order valence-electron chi connectivity index (χ1n) is 6.02. The highest BCUT2D eigenvalue weighted by Gasteiger charge is 2.36. The van der Waals surface area contributed by atoms with Crippen LogP contribution in [0.15, 0.2) is 10.9 Å². The highest BCUT2D eigenvalue weighted by molar-refractivity contribution is 9.10. The Kier molecular flexibility index (Phi) is 3.59. The fraction of sp³-hybridized carbons (Fsp3) is 0.545. The van der Waals surface area contributed by atoms with E-state index in [2.05, 4.69) is 31.0 Å². The lowest BCUT2D eigenvalue weighted by molar-refractivity contribution is -0.0471. The van der Waals surface area contributed by atoms with Crippen LogP contribution in [0.5, 0.6) is 5.88 Å². The van der Waals surface area contributed by atoms with Crippen LogP contribution in [-0.4, -0.2) is 55.9 Å². The van der Waals surface area contributed by atoms with Gasteiger partial charge in [-0.25, -0.2) is 14.6 Å². The second-order valence-corrected chi connectivity index (χ2v) is 5.18. The van der Waals surface area contributed by atoms with E-state index in [0.29, 0.717) is 27.9 Å². The summed E-state index contributed by atoms with van der Waals surface area (Å²) in [7, 11) is 1.52. The zero-order valence-corrected chi connectivity index (χ0v) is 12.2. The Balaban J connectivity index is 2.05. The number of halogens is 1. The number of ether oxygens (including phenoxy) is 2. The highest BCUT2D eigenvalue weighted by Crippen LogP contribution is 2.35. The van der Waals surface area contributed by atoms with Gasteiger partial charge in [0.1, 0.15) is 22.4 Å². The molecular weight excluding hydrogens is 332 g/mol. The van der Waals surface area contributed by atoms with Gasteiger partial charge in [0, 0.05) is 6.42 Å². The first-order chi connectivity index (χ1) is 9.65. The maximum Gasteiger partial charge on any atom is 0.228 e. The molecule has 8 nitrogen and oxygen atoms in total. The Bertz CT molecular complexity index is 634. The van der Waals surface area contributed by atoms with E-state index < -0.39 is 18.4 Å². The molecule has 0 unspecified atom stereocenters. The van der Waals surface area contributed by atoms with Crippen LogP contribution in [0.25, 0.3) is 11.0 Å². The molecule has 2 aromatic rings. The molecule has 108 valence electrons. The zero-order valence-electron chi connectivity index (χ0n) is 10.6. The van der Waals surface area contributed by atoms with Gasteiger partial charge in [0.25, 0.3) is 0 Å². The van der Waals surface area contributed by atoms with Crippen molar-refractivity contribution in [2.45, 2.75) is 24.9 Å². The fourth-order valence-corrected chi connectivity index (χ4v) is 2.81. The summed E-state index contributed by atoms with van der Waals surface area (Å²) in [4.78, 5) is 8.21. The number of hydrogen-bond acceptors (Lipinski definition) is 7. The van der Waals surface area contributed by atoms with Gasteiger partial charge >= 0.3 is 0 Å². The van der Waals surface area contributed by atoms with Crippen LogP contribution >= 0.6 is 15.9 Å². The van der Waals surface area contributed by atoms with E-state index in [9.17, 15) is 5.11 Å². The second-order valence-electron chi connectivity index (χ2n) is 4.43. The summed E-state index contributed by atoms with van der Waals surface area (Å²) in [5, 5.41) is 23.9. The third-order valence-corrected chi connectivity index (χ3v) is 3.82. The molecular formula is C11H13BrN4O4. The van der Waals surface area contributed by atoms with E-state index in [1.807, 2.05) is 0 Å². The third kappa shape index (κ3) is 2.06. The normalized spacial score (nSPS) is 26.3. The number of aliphatic hydroxyl groups is 2. The molecule has 0 radical (unpaired) electrons. The van der Waals surface area contributed by atoms with E-state index in [0.717, 1.165) is 0 Å². The quantitative estimate of drug-likeness (QED) is 0.821. The Hall–Kier alpha value is -1.29. The van der Waals surface area contributed by atoms with Gasteiger partial charge in [0.15, 0.2) is 11.9 Å². The van der Waals surface area contributed by atoms with E-state index >= 15 is 0 Å². The minimum atomic E-state index is -0.730. The lowest BCUT2D eigenvalue weighted by Gasteiger charge is -2.12. The van der Waals surface area contributed by atoms with Gasteiger partial charge in [-0.2, -0.15) is 5.10 Å². The highest BCUT2D eigenvalue weighted by atomic mass is 79.9. The molecule has 2 aromatic heterocycles. The smallest absolute Gasteiger partial charge is 0.228 e. The van der Waals surface area contributed by atoms with Gasteiger partial charge < -0.3 is 19.7 Å². The summed E-state index contributed by atoms with van der Waals surface area (Å²) in [5.41, 5.74) is 0.541. The molecule has 9 heteroatoms. The van der Waals surface area contributed by atoms with Gasteiger partial charge in [-0.15, -0.1) is 0 Å². The van der Waals surface area contributed by atoms with Crippen molar-refractivity contribution in [3.05, 3.63) is 10.9 Å². The summed E-state index contributed by atoms with van der Waals surface area (Å²) in [5.74, 6) is 0.408. The molecule has 0 amide bonds. The summed E-state index contributed by atoms with van der Waals surface area (Å²) < 4.78 is 12.9. The first kappa shape index (κ1) is 13.7. The molecule has 20 heavy (non-hydrogen) atoms. The topological polar surface area (TPSA) is 103 Å². The van der Waals surface area contributed by atoms with E-state index in [1.165, 1.54) is 13.4 Å². The molecule has 0 spiro atoms. The van der Waals surface area contributed by atoms with Gasteiger partial charge in [-0.05, 0) is 15.9 Å². The first-order valence-corrected chi connectivity index (χ1v) is 6.82. The number of aromatic nitrogens is 4. The SMILES string of the molecule is COc1ncnc2c1c(Br)nn2[C@H]1C[C@H](O)[C@@H](CO)O1. The molecule has 1 aliphatic heterocycles. The van der Waals surface area contributed by atoms with Crippen LogP contribution < -0.4 is 4.74 Å². The molecule has 0 aromatic carbocycles. The molecule has 0 aliphatic carbocycles. The molecule has 3 heterocycles. The summed E-state index contributed by atoms with van der Waals surface area (Å²) in [6.45, 7) is -0.240. The van der Waals surface area contributed by atoms with Gasteiger partial charge in [0.05, 0.1) is 19.8 Å². The Labute approximate surface area is 122 Å². The van der Waals surface area contributed by atoms with Crippen LogP contribution in [0.2, 0.25) is 0 Å². The molecule has 0 bridgehead atoms. The zero-order chi connectivity index (χ0) is 14.3. The average molecular weight is 345 g/mol. The fourth-order valence-electron chi connectivity index (χ4n) is 2.29. The maximum atomic E-state index is 9.81. The van der Waals surface area contributed by atoms with Crippen molar-refractivity contribution in [2.24, 2.45) is 0 Å². The van der Waals surface area contributed by atoms with Crippen LogP contribution in [0.4, 0.5) is 0 Å². The molecule has 3 rings (SSSR count). The Morgan fingerprint density at radius 1 is 1.55 bits per heavy atom. The molecule has 1 aliphatic rings. The molecule has 1 saturated heterocycles. The van der Waals surface area contributed by atoms with Gasteiger partial charge in [0.2, 0.25) is 5.88 Å². The average Bonchev–Trinajstić information content (AvgIpc) is 2.99. The number of methoxy groups -OCH3 is 1. The lowest BCUT2D eigenvalue weighted by Crippen LogP contribution is -2.24. The van der Waals surface area contributed by atoms with Crippen molar-refractivity contribution in [2.75, 3.05) is 13.7 Å². The van der Waals surface area contributed by atoms with E-state index in [-0.39, 0.29) is 6.61 Å². The summed E-state index contributed by atoms with van der Waals surface area (Å²) in [6.07, 6.45) is -0.120. The molecule has 2 N–H and O–H groups in total. The number of rotatable bonds is 3. The van der Waals surface area contributed by atoms with Crippen molar-refractivity contribution in [1.29, 1.82) is 0 Å². The van der Waals surface area contributed by atoms with Crippen LogP contribution in [-0.2, 0) is 4.74 Å². The number of aliphatic hydroxyl groups excluding tert-OH is 2. The second kappa shape index (κ2) is 5.24. The summed E-state index contributed by atoms with van der Waals surface area (Å²) in [6, 6.07) is 0. The van der Waals surface area contributed by atoms with Crippen molar-refractivity contribution in [3.8, 4) is 5.88 Å². The monoisotopic (exact) mass is 344 g/mol. The van der Waals surface area contributed by atoms with Crippen LogP contribution in [0.3, 0.4) is 0 Å². The van der Waals surface area contributed by atoms with Crippen molar-refractivity contribution in [3.63, 3.8) is 0 Å². The standard InChI is InChI=1S/C11H13BrN4O4/c1-19-11-8-9(12)15-16(10(8)13-4-14-11)7-2-5(18)6(3-17)20-7/h4-7,17-18H,2-3H2,1H3/t5-,6+,7+/m0/s1. The lowest BCUT2D eigenvalue weighted by atomic mass is 10.2. The maximum absolute atomic E-state index is 9.81. The van der Waals surface area contributed by atoms with E-state index in [1.54, 1.807) is 4.68 Å². The van der Waals surface area contributed by atoms with Crippen molar-refractivity contribution >= 4 is 27.0 Å². The van der Waals surface area contributed by atoms with Crippen molar-refractivity contribution < 1.29 is 19.7 Å². The largest absolute Gasteiger partial charge is 0.480 e. The molecule has 0 saturated carbocycles. The molecule has 3 atom stereocenters. The predicted molar refractivity (Wildman–Crippen MR) is 71.2 cm³/mol. The number of hydrogen-bond donors (Lipinski definition) is 2. The Morgan fingerprint density at radius 2 is 2.35 bits per heavy atom. The Morgan fingerprint density at radius 3 is 3.00 bits per heavy atom. The number of fused-ring (bicyclic) bond motifs is 1. The van der Waals surface area contributed by atoms with Crippen LogP contribution in [0.1, 0.15) is 12.6 Å². The van der Waals surface area contributed by atoms with E-state index in [4.69, 9.17) is 14.6 Å². The minimum absolute atomic E-state index is 0.240.